The quantitative estimate of drug-likeness (QED) is 0.470. The Balaban J connectivity index is 1.90. The van der Waals surface area contributed by atoms with Crippen LogP contribution in [0.25, 0.3) is 0 Å². The predicted octanol–water partition coefficient (Wildman–Crippen LogP) is 5.05. The molecule has 3 rings (SSSR count). The lowest BCUT2D eigenvalue weighted by molar-refractivity contribution is -0.377. The van der Waals surface area contributed by atoms with Gasteiger partial charge in [0.25, 0.3) is 0 Å². The molecular weight excluding hydrogens is 495 g/mol. The summed E-state index contributed by atoms with van der Waals surface area (Å²) in [5, 5.41) is 0.825. The Hall–Kier alpha value is -2.71. The first-order chi connectivity index (χ1) is 16.5. The number of amides is 1. The van der Waals surface area contributed by atoms with Crippen LogP contribution in [0, 0.1) is 0 Å². The van der Waals surface area contributed by atoms with Crippen LogP contribution in [-0.2, 0) is 20.7 Å². The van der Waals surface area contributed by atoms with Gasteiger partial charge in [0.05, 0.1) is 14.2 Å². The molecule has 1 aliphatic rings. The van der Waals surface area contributed by atoms with Crippen LogP contribution in [0.3, 0.4) is 0 Å². The number of aromatic amines is 1. The van der Waals surface area contributed by atoms with Crippen molar-refractivity contribution in [1.29, 1.82) is 0 Å². The summed E-state index contributed by atoms with van der Waals surface area (Å²) in [4.78, 5) is 30.3. The minimum atomic E-state index is -0.749. The molecule has 1 aliphatic heterocycles. The number of rotatable bonds is 7. The van der Waals surface area contributed by atoms with Crippen LogP contribution >= 0.6 is 23.2 Å². The van der Waals surface area contributed by atoms with E-state index in [9.17, 15) is 9.59 Å². The van der Waals surface area contributed by atoms with E-state index in [4.69, 9.17) is 42.1 Å². The van der Waals surface area contributed by atoms with E-state index in [2.05, 4.69) is 4.98 Å². The lowest BCUT2D eigenvalue weighted by Gasteiger charge is -2.29. The fourth-order valence-corrected chi connectivity index (χ4v) is 4.44. The van der Waals surface area contributed by atoms with Gasteiger partial charge >= 0.3 is 12.1 Å². The maximum Gasteiger partial charge on any atom is 0.411 e. The molecule has 0 unspecified atom stereocenters. The number of benzene rings is 1. The lowest BCUT2D eigenvalue weighted by atomic mass is 10.0. The highest BCUT2D eigenvalue weighted by Gasteiger charge is 2.39. The Bertz CT molecular complexity index is 1050. The average Bonchev–Trinajstić information content (AvgIpc) is 3.29. The summed E-state index contributed by atoms with van der Waals surface area (Å²) in [7, 11) is 3.07. The number of ether oxygens (including phenoxy) is 4. The number of carbonyl (C=O) groups excluding carboxylic acids is 2. The van der Waals surface area contributed by atoms with E-state index in [1.807, 2.05) is 0 Å². The Morgan fingerprint density at radius 3 is 2.37 bits per heavy atom. The van der Waals surface area contributed by atoms with Gasteiger partial charge in [0.2, 0.25) is 0 Å². The first kappa shape index (κ1) is 26.9. The first-order valence-electron chi connectivity index (χ1n) is 11.3. The van der Waals surface area contributed by atoms with Gasteiger partial charge in [-0.1, -0.05) is 29.3 Å². The van der Waals surface area contributed by atoms with Crippen molar-refractivity contribution in [3.63, 3.8) is 0 Å². The third-order valence-electron chi connectivity index (χ3n) is 5.58. The number of hydrogen-bond acceptors (Lipinski definition) is 6. The zero-order valence-corrected chi connectivity index (χ0v) is 22.0. The van der Waals surface area contributed by atoms with Crippen molar-refractivity contribution in [1.82, 2.24) is 4.90 Å². The van der Waals surface area contributed by atoms with Crippen LogP contribution in [0.1, 0.15) is 50.8 Å². The molecule has 1 N–H and O–H groups in total. The summed E-state index contributed by atoms with van der Waals surface area (Å²) < 4.78 is 22.3. The molecule has 8 nitrogen and oxygen atoms in total. The summed E-state index contributed by atoms with van der Waals surface area (Å²) in [6.07, 6.45) is 3.30. The SMILES string of the molecule is COc1ccc([C@H](Cc2c(Cl)c[nH+]cc2Cl)OC(=O)[C@@H]2CCCN2C(=O)OC(C)(C)C)cc1OC. The molecule has 1 aromatic heterocycles. The van der Waals surface area contributed by atoms with E-state index >= 15 is 0 Å². The van der Waals surface area contributed by atoms with Gasteiger partial charge in [0.1, 0.15) is 27.8 Å². The molecule has 2 aromatic rings. The van der Waals surface area contributed by atoms with Crippen molar-refractivity contribution in [2.24, 2.45) is 0 Å². The summed E-state index contributed by atoms with van der Waals surface area (Å²) in [6.45, 7) is 5.77. The highest BCUT2D eigenvalue weighted by Crippen LogP contribution is 2.35. The topological polar surface area (TPSA) is 88.4 Å². The predicted molar refractivity (Wildman–Crippen MR) is 131 cm³/mol. The number of H-pyrrole nitrogens is 1. The molecule has 1 saturated heterocycles. The second kappa shape index (κ2) is 11.4. The lowest BCUT2D eigenvalue weighted by Crippen LogP contribution is -2.44. The van der Waals surface area contributed by atoms with E-state index < -0.39 is 29.8 Å². The second-order valence-corrected chi connectivity index (χ2v) is 10.0. The number of carbonyl (C=O) groups is 2. The zero-order chi connectivity index (χ0) is 25.8. The molecular formula is C25H31Cl2N2O6+. The maximum absolute atomic E-state index is 13.3. The normalized spacial score (nSPS) is 16.5. The van der Waals surface area contributed by atoms with Crippen LogP contribution in [0.2, 0.25) is 10.0 Å². The standard InChI is InChI=1S/C25H30Cl2N2O6/c1-25(2,3)35-24(31)29-10-6-7-19(29)23(30)34-21(12-16-17(26)13-28-14-18(16)27)15-8-9-20(32-4)22(11-15)33-5/h8-9,11,13-14,19,21H,6-7,10,12H2,1-5H3/p+1/t19-,21-/m0/s1. The average molecular weight is 526 g/mol. The number of methoxy groups -OCH3 is 2. The molecule has 0 radical (unpaired) electrons. The number of aromatic nitrogens is 1. The van der Waals surface area contributed by atoms with Gasteiger partial charge in [-0.15, -0.1) is 0 Å². The van der Waals surface area contributed by atoms with Crippen molar-refractivity contribution in [2.75, 3.05) is 20.8 Å². The molecule has 10 heteroatoms. The number of halogens is 2. The second-order valence-electron chi connectivity index (χ2n) is 9.21. The number of hydrogen-bond donors (Lipinski definition) is 0. The highest BCUT2D eigenvalue weighted by molar-refractivity contribution is 6.35. The third kappa shape index (κ3) is 6.70. The third-order valence-corrected chi connectivity index (χ3v) is 6.25. The fraction of sp³-hybridized carbons (Fsp3) is 0.480. The van der Waals surface area contributed by atoms with Crippen LogP contribution in [0.5, 0.6) is 11.5 Å². The van der Waals surface area contributed by atoms with Crippen molar-refractivity contribution in [3.8, 4) is 11.5 Å². The van der Waals surface area contributed by atoms with Crippen LogP contribution in [-0.4, -0.2) is 49.4 Å². The molecule has 2 atom stereocenters. The van der Waals surface area contributed by atoms with E-state index in [1.165, 1.54) is 12.0 Å². The van der Waals surface area contributed by atoms with Gasteiger partial charge in [0.15, 0.2) is 23.9 Å². The molecule has 0 spiro atoms. The number of pyridine rings is 1. The molecule has 0 bridgehead atoms. The van der Waals surface area contributed by atoms with Gasteiger partial charge < -0.3 is 18.9 Å². The number of nitrogens with one attached hydrogen (secondary N) is 1. The molecule has 0 aliphatic carbocycles. The Labute approximate surface area is 215 Å². The van der Waals surface area contributed by atoms with E-state index in [-0.39, 0.29) is 6.42 Å². The smallest absolute Gasteiger partial charge is 0.411 e. The molecule has 1 aromatic carbocycles. The molecule has 35 heavy (non-hydrogen) atoms. The molecule has 190 valence electrons. The van der Waals surface area contributed by atoms with E-state index in [0.29, 0.717) is 52.1 Å². The highest BCUT2D eigenvalue weighted by atomic mass is 35.5. The van der Waals surface area contributed by atoms with Crippen molar-refractivity contribution in [3.05, 3.63) is 51.8 Å². The monoisotopic (exact) mass is 525 g/mol. The fourth-order valence-electron chi connectivity index (χ4n) is 3.91. The minimum absolute atomic E-state index is 0.215. The van der Waals surface area contributed by atoms with Crippen LogP contribution in [0.4, 0.5) is 4.79 Å². The van der Waals surface area contributed by atoms with Gasteiger partial charge in [-0.05, 0) is 51.3 Å². The number of nitrogens with zero attached hydrogens (tertiary/aromatic N) is 1. The molecule has 0 saturated carbocycles. The van der Waals surface area contributed by atoms with Crippen LogP contribution < -0.4 is 14.5 Å². The molecule has 1 fully saturated rings. The van der Waals surface area contributed by atoms with Crippen molar-refractivity contribution >= 4 is 35.3 Å². The Morgan fingerprint density at radius 1 is 1.11 bits per heavy atom. The largest absolute Gasteiger partial charge is 0.493 e. The van der Waals surface area contributed by atoms with Crippen molar-refractivity contribution in [2.45, 2.75) is 57.8 Å². The summed E-state index contributed by atoms with van der Waals surface area (Å²) in [5.41, 5.74) is 0.613. The molecule has 2 heterocycles. The summed E-state index contributed by atoms with van der Waals surface area (Å²) >= 11 is 12.8. The zero-order valence-electron chi connectivity index (χ0n) is 20.5. The number of esters is 1. The van der Waals surface area contributed by atoms with Gasteiger partial charge in [0, 0.05) is 18.5 Å². The van der Waals surface area contributed by atoms with Crippen molar-refractivity contribution < 1.29 is 33.5 Å². The Morgan fingerprint density at radius 2 is 1.77 bits per heavy atom. The van der Waals surface area contributed by atoms with Crippen LogP contribution in [0.15, 0.2) is 30.6 Å². The Kier molecular flexibility index (Phi) is 8.72. The van der Waals surface area contributed by atoms with E-state index in [0.717, 1.165) is 0 Å². The number of likely N-dealkylation sites (tertiary alicyclic amines) is 1. The molecule has 1 amide bonds. The minimum Gasteiger partial charge on any atom is -0.493 e. The summed E-state index contributed by atoms with van der Waals surface area (Å²) in [5.74, 6) is 0.502. The van der Waals surface area contributed by atoms with E-state index in [1.54, 1.807) is 58.5 Å². The summed E-state index contributed by atoms with van der Waals surface area (Å²) in [6, 6.07) is 4.52. The maximum atomic E-state index is 13.3. The van der Waals surface area contributed by atoms with Gasteiger partial charge in [-0.2, -0.15) is 0 Å². The van der Waals surface area contributed by atoms with Gasteiger partial charge in [-0.3, -0.25) is 4.90 Å². The van der Waals surface area contributed by atoms with Gasteiger partial charge in [-0.25, -0.2) is 14.6 Å². The first-order valence-corrected chi connectivity index (χ1v) is 12.1.